The Kier molecular flexibility index (Phi) is 3.39. The van der Waals surface area contributed by atoms with Gasteiger partial charge in [-0.25, -0.2) is 0 Å². The molecule has 1 aliphatic rings. The maximum atomic E-state index is 11.9. The zero-order chi connectivity index (χ0) is 14.0. The number of fused-ring (bicyclic) bond motifs is 1. The van der Waals surface area contributed by atoms with Crippen molar-refractivity contribution in [2.75, 3.05) is 5.32 Å². The first-order valence-electron chi connectivity index (χ1n) is 5.73. The number of anilines is 1. The number of nitrogens with one attached hydrogen (secondary N) is 1. The van der Waals surface area contributed by atoms with Gasteiger partial charge in [-0.15, -0.1) is 0 Å². The van der Waals surface area contributed by atoms with Gasteiger partial charge in [0.1, 0.15) is 5.75 Å². The van der Waals surface area contributed by atoms with Gasteiger partial charge in [-0.2, -0.15) is 0 Å². The van der Waals surface area contributed by atoms with Crippen molar-refractivity contribution in [1.29, 1.82) is 0 Å². The summed E-state index contributed by atoms with van der Waals surface area (Å²) < 4.78 is 5.38. The third kappa shape index (κ3) is 2.51. The van der Waals surface area contributed by atoms with Crippen LogP contribution in [-0.4, -0.2) is 23.8 Å². The van der Waals surface area contributed by atoms with E-state index in [1.54, 1.807) is 19.1 Å². The normalized spacial score (nSPS) is 18.4. The minimum atomic E-state index is -0.790. The van der Waals surface area contributed by atoms with Crippen molar-refractivity contribution in [2.45, 2.75) is 26.0 Å². The number of hydrogen-bond donors (Lipinski definition) is 1. The quantitative estimate of drug-likeness (QED) is 0.390. The Morgan fingerprint density at radius 2 is 2.32 bits per heavy atom. The minimum Gasteiger partial charge on any atom is -0.479 e. The van der Waals surface area contributed by atoms with Crippen LogP contribution < -0.4 is 10.1 Å². The highest BCUT2D eigenvalue weighted by molar-refractivity contribution is 6.03. The fourth-order valence-electron chi connectivity index (χ4n) is 1.73. The van der Waals surface area contributed by atoms with Gasteiger partial charge >= 0.3 is 0 Å². The molecule has 19 heavy (non-hydrogen) atoms. The second kappa shape index (κ2) is 4.99. The Bertz CT molecular complexity index is 593. The topological polar surface area (TPSA) is 104 Å². The maximum absolute atomic E-state index is 11.9. The third-order valence-corrected chi connectivity index (χ3v) is 2.80. The Hall–Kier alpha value is -2.53. The van der Waals surface area contributed by atoms with E-state index in [9.17, 15) is 9.59 Å². The van der Waals surface area contributed by atoms with Gasteiger partial charge < -0.3 is 10.1 Å². The molecule has 1 heterocycles. The van der Waals surface area contributed by atoms with Crippen LogP contribution in [0.2, 0.25) is 0 Å². The number of carbonyl (C=O) groups excluding carboxylic acids is 2. The average molecular weight is 260 g/mol. The molecular formula is C12H12N4O3. The zero-order valence-corrected chi connectivity index (χ0v) is 10.5. The Balaban J connectivity index is 2.31. The summed E-state index contributed by atoms with van der Waals surface area (Å²) in [6.07, 6.45) is -0.559. The molecule has 2 atom stereocenters. The third-order valence-electron chi connectivity index (χ3n) is 2.80. The molecule has 1 aliphatic heterocycles. The van der Waals surface area contributed by atoms with Gasteiger partial charge in [-0.1, -0.05) is 5.11 Å². The lowest BCUT2D eigenvalue weighted by molar-refractivity contribution is -0.122. The monoisotopic (exact) mass is 260 g/mol. The number of ether oxygens (including phenoxy) is 1. The predicted molar refractivity (Wildman–Crippen MR) is 68.1 cm³/mol. The lowest BCUT2D eigenvalue weighted by atomic mass is 10.0. The molecular weight excluding hydrogens is 248 g/mol. The Morgan fingerprint density at radius 1 is 1.58 bits per heavy atom. The molecule has 0 fully saturated rings. The van der Waals surface area contributed by atoms with Gasteiger partial charge in [-0.3, -0.25) is 9.59 Å². The smallest absolute Gasteiger partial charge is 0.265 e. The second-order valence-corrected chi connectivity index (χ2v) is 4.21. The standard InChI is InChI=1S/C12H12N4O3/c1-6(15-16-13)11(17)8-3-4-10-9(5-8)14-12(18)7(2)19-10/h3-7H,1-2H3,(H,14,18). The number of azide groups is 1. The largest absolute Gasteiger partial charge is 0.479 e. The molecule has 7 heteroatoms. The van der Waals surface area contributed by atoms with Crippen molar-refractivity contribution in [3.63, 3.8) is 0 Å². The molecule has 1 amide bonds. The molecule has 0 saturated heterocycles. The summed E-state index contributed by atoms with van der Waals surface area (Å²) in [6, 6.07) is 3.92. The second-order valence-electron chi connectivity index (χ2n) is 4.21. The van der Waals surface area contributed by atoms with Crippen LogP contribution in [-0.2, 0) is 4.79 Å². The van der Waals surface area contributed by atoms with E-state index in [4.69, 9.17) is 10.3 Å². The van der Waals surface area contributed by atoms with Crippen molar-refractivity contribution in [2.24, 2.45) is 5.11 Å². The van der Waals surface area contributed by atoms with Crippen LogP contribution in [0, 0.1) is 0 Å². The number of hydrogen-bond acceptors (Lipinski definition) is 4. The first-order valence-corrected chi connectivity index (χ1v) is 5.73. The molecule has 1 aromatic carbocycles. The first-order chi connectivity index (χ1) is 9.02. The van der Waals surface area contributed by atoms with E-state index in [1.807, 2.05) is 0 Å². The molecule has 0 aromatic heterocycles. The molecule has 1 aromatic rings. The van der Waals surface area contributed by atoms with E-state index in [2.05, 4.69) is 15.3 Å². The van der Waals surface area contributed by atoms with Crippen molar-refractivity contribution in [3.05, 3.63) is 34.2 Å². The van der Waals surface area contributed by atoms with Crippen LogP contribution in [0.15, 0.2) is 23.3 Å². The number of amides is 1. The van der Waals surface area contributed by atoms with Gasteiger partial charge in [0.05, 0.1) is 11.7 Å². The van der Waals surface area contributed by atoms with Crippen LogP contribution in [0.3, 0.4) is 0 Å². The van der Waals surface area contributed by atoms with Crippen molar-refractivity contribution >= 4 is 17.4 Å². The van der Waals surface area contributed by atoms with Gasteiger partial charge in [0, 0.05) is 10.5 Å². The van der Waals surface area contributed by atoms with Crippen LogP contribution in [0.25, 0.3) is 10.4 Å². The fraction of sp³-hybridized carbons (Fsp3) is 0.333. The Labute approximate surface area is 109 Å². The predicted octanol–water partition coefficient (Wildman–Crippen LogP) is 2.29. The molecule has 2 rings (SSSR count). The van der Waals surface area contributed by atoms with E-state index in [0.717, 1.165) is 0 Å². The molecule has 2 unspecified atom stereocenters. The van der Waals surface area contributed by atoms with E-state index in [1.165, 1.54) is 13.0 Å². The van der Waals surface area contributed by atoms with Gasteiger partial charge in [0.15, 0.2) is 11.9 Å². The maximum Gasteiger partial charge on any atom is 0.265 e. The van der Waals surface area contributed by atoms with Gasteiger partial charge in [-0.05, 0) is 37.6 Å². The summed E-state index contributed by atoms with van der Waals surface area (Å²) in [5, 5.41) is 6.01. The highest BCUT2D eigenvalue weighted by Gasteiger charge is 2.24. The molecule has 1 N–H and O–H groups in total. The van der Waals surface area contributed by atoms with Crippen molar-refractivity contribution < 1.29 is 14.3 Å². The van der Waals surface area contributed by atoms with E-state index in [-0.39, 0.29) is 11.7 Å². The number of nitrogens with zero attached hydrogens (tertiary/aromatic N) is 3. The number of Topliss-reactive ketones (excluding diaryl/α,β-unsaturated/α-hetero) is 1. The SMILES string of the molecule is CC(N=[N+]=[N-])C(=O)c1ccc2c(c1)NC(=O)C(C)O2. The molecule has 7 nitrogen and oxygen atoms in total. The van der Waals surface area contributed by atoms with E-state index < -0.39 is 12.1 Å². The number of carbonyl (C=O) groups is 2. The summed E-state index contributed by atoms with van der Waals surface area (Å²) in [7, 11) is 0. The van der Waals surface area contributed by atoms with Crippen LogP contribution in [0.1, 0.15) is 24.2 Å². The summed E-state index contributed by atoms with van der Waals surface area (Å²) in [5.74, 6) is -0.0613. The number of benzene rings is 1. The summed E-state index contributed by atoms with van der Waals surface area (Å²) in [5.41, 5.74) is 9.12. The summed E-state index contributed by atoms with van der Waals surface area (Å²) >= 11 is 0. The Morgan fingerprint density at radius 3 is 3.00 bits per heavy atom. The fourth-order valence-corrected chi connectivity index (χ4v) is 1.73. The summed E-state index contributed by atoms with van der Waals surface area (Å²) in [4.78, 5) is 26.0. The molecule has 98 valence electrons. The lowest BCUT2D eigenvalue weighted by Crippen LogP contribution is -2.34. The van der Waals surface area contributed by atoms with E-state index >= 15 is 0 Å². The molecule has 0 radical (unpaired) electrons. The first kappa shape index (κ1) is 12.9. The van der Waals surface area contributed by atoms with Crippen LogP contribution in [0.5, 0.6) is 5.75 Å². The highest BCUT2D eigenvalue weighted by Crippen LogP contribution is 2.30. The molecule has 0 saturated carbocycles. The van der Waals surface area contributed by atoms with Gasteiger partial charge in [0.2, 0.25) is 0 Å². The van der Waals surface area contributed by atoms with E-state index in [0.29, 0.717) is 17.0 Å². The zero-order valence-electron chi connectivity index (χ0n) is 10.5. The average Bonchev–Trinajstić information content (AvgIpc) is 2.39. The molecule has 0 aliphatic carbocycles. The molecule has 0 bridgehead atoms. The van der Waals surface area contributed by atoms with Crippen LogP contribution in [0.4, 0.5) is 5.69 Å². The van der Waals surface area contributed by atoms with Crippen LogP contribution >= 0.6 is 0 Å². The molecule has 0 spiro atoms. The minimum absolute atomic E-state index is 0.264. The number of ketones is 1. The van der Waals surface area contributed by atoms with Crippen molar-refractivity contribution in [1.82, 2.24) is 0 Å². The van der Waals surface area contributed by atoms with Crippen molar-refractivity contribution in [3.8, 4) is 5.75 Å². The highest BCUT2D eigenvalue weighted by atomic mass is 16.5. The lowest BCUT2D eigenvalue weighted by Gasteiger charge is -2.23. The number of rotatable bonds is 3. The van der Waals surface area contributed by atoms with Gasteiger partial charge in [0.25, 0.3) is 5.91 Å². The summed E-state index contributed by atoms with van der Waals surface area (Å²) in [6.45, 7) is 3.15.